The lowest BCUT2D eigenvalue weighted by atomic mass is 10.1. The summed E-state index contributed by atoms with van der Waals surface area (Å²) in [6, 6.07) is 0.865. The second kappa shape index (κ2) is 3.30. The Kier molecular flexibility index (Phi) is 2.33. The van der Waals surface area contributed by atoms with Crippen LogP contribution in [-0.2, 0) is 0 Å². The highest BCUT2D eigenvalue weighted by Gasteiger charge is 2.36. The van der Waals surface area contributed by atoms with Crippen LogP contribution in [-0.4, -0.2) is 29.0 Å². The molecule has 0 aromatic rings. The Labute approximate surface area is 79.1 Å². The van der Waals surface area contributed by atoms with Gasteiger partial charge in [0.25, 0.3) is 0 Å². The molecule has 1 saturated carbocycles. The zero-order valence-electron chi connectivity index (χ0n) is 7.33. The van der Waals surface area contributed by atoms with E-state index in [1.54, 1.807) is 0 Å². The first kappa shape index (κ1) is 8.45. The van der Waals surface area contributed by atoms with Crippen LogP contribution in [0.4, 0.5) is 0 Å². The summed E-state index contributed by atoms with van der Waals surface area (Å²) in [5, 5.41) is 0. The van der Waals surface area contributed by atoms with Crippen molar-refractivity contribution in [2.24, 2.45) is 11.7 Å². The van der Waals surface area contributed by atoms with Gasteiger partial charge >= 0.3 is 0 Å². The van der Waals surface area contributed by atoms with E-state index in [4.69, 9.17) is 18.0 Å². The Morgan fingerprint density at radius 3 is 2.83 bits per heavy atom. The van der Waals surface area contributed by atoms with Gasteiger partial charge in [-0.1, -0.05) is 12.2 Å². The van der Waals surface area contributed by atoms with Crippen LogP contribution in [0.2, 0.25) is 0 Å². The quantitative estimate of drug-likeness (QED) is 0.667. The highest BCUT2D eigenvalue weighted by Crippen LogP contribution is 2.37. The minimum Gasteiger partial charge on any atom is -0.393 e. The van der Waals surface area contributed by atoms with Crippen molar-refractivity contribution in [3.63, 3.8) is 0 Å². The molecule has 1 heterocycles. The molecule has 2 aliphatic rings. The van der Waals surface area contributed by atoms with Crippen molar-refractivity contribution in [2.75, 3.05) is 13.1 Å². The predicted molar refractivity (Wildman–Crippen MR) is 54.1 cm³/mol. The number of hydrogen-bond acceptors (Lipinski definition) is 2. The first-order valence-electron chi connectivity index (χ1n) is 4.78. The van der Waals surface area contributed by atoms with Crippen LogP contribution in [0.3, 0.4) is 0 Å². The van der Waals surface area contributed by atoms with Crippen LogP contribution in [0.25, 0.3) is 0 Å². The summed E-state index contributed by atoms with van der Waals surface area (Å²) >= 11 is 4.87. The minimum absolute atomic E-state index is 0.665. The Morgan fingerprint density at radius 1 is 1.50 bits per heavy atom. The SMILES string of the molecule is NC(=S)CCN1CC2CCC1C2. The molecule has 0 spiro atoms. The van der Waals surface area contributed by atoms with Gasteiger partial charge in [0, 0.05) is 25.6 Å². The third-order valence-electron chi connectivity index (χ3n) is 3.17. The van der Waals surface area contributed by atoms with Crippen LogP contribution in [0, 0.1) is 5.92 Å². The van der Waals surface area contributed by atoms with Gasteiger partial charge in [0.15, 0.2) is 0 Å². The maximum Gasteiger partial charge on any atom is 0.0740 e. The molecule has 2 fully saturated rings. The number of fused-ring (bicyclic) bond motifs is 2. The molecule has 2 bridgehead atoms. The second-order valence-electron chi connectivity index (χ2n) is 4.04. The normalized spacial score (nSPS) is 34.3. The van der Waals surface area contributed by atoms with Gasteiger partial charge in [-0.3, -0.25) is 4.90 Å². The van der Waals surface area contributed by atoms with E-state index in [9.17, 15) is 0 Å². The van der Waals surface area contributed by atoms with Crippen LogP contribution < -0.4 is 5.73 Å². The first-order valence-corrected chi connectivity index (χ1v) is 5.19. The third-order valence-corrected chi connectivity index (χ3v) is 3.37. The van der Waals surface area contributed by atoms with Gasteiger partial charge in [-0.2, -0.15) is 0 Å². The lowest BCUT2D eigenvalue weighted by Crippen LogP contribution is -2.34. The summed E-state index contributed by atoms with van der Waals surface area (Å²) in [4.78, 5) is 3.23. The van der Waals surface area contributed by atoms with Crippen molar-refractivity contribution in [1.29, 1.82) is 0 Å². The lowest BCUT2D eigenvalue weighted by Gasteiger charge is -2.26. The van der Waals surface area contributed by atoms with Crippen molar-refractivity contribution >= 4 is 17.2 Å². The van der Waals surface area contributed by atoms with Crippen molar-refractivity contribution in [2.45, 2.75) is 31.7 Å². The number of hydrogen-bond donors (Lipinski definition) is 1. The molecule has 0 aromatic carbocycles. The third kappa shape index (κ3) is 1.62. The Bertz CT molecular complexity index is 193. The first-order chi connectivity index (χ1) is 5.75. The zero-order valence-corrected chi connectivity index (χ0v) is 8.15. The smallest absolute Gasteiger partial charge is 0.0740 e. The average molecular weight is 184 g/mol. The maximum absolute atomic E-state index is 5.47. The van der Waals surface area contributed by atoms with Crippen molar-refractivity contribution in [3.8, 4) is 0 Å². The van der Waals surface area contributed by atoms with E-state index in [0.29, 0.717) is 4.99 Å². The van der Waals surface area contributed by atoms with Gasteiger partial charge in [-0.05, 0) is 25.2 Å². The summed E-state index contributed by atoms with van der Waals surface area (Å²) in [5.74, 6) is 0.987. The zero-order chi connectivity index (χ0) is 8.55. The number of piperidine rings is 1. The van der Waals surface area contributed by atoms with E-state index in [1.165, 1.54) is 25.8 Å². The minimum atomic E-state index is 0.665. The number of thiocarbonyl (C=S) groups is 1. The molecule has 1 aliphatic heterocycles. The number of likely N-dealkylation sites (tertiary alicyclic amines) is 1. The molecule has 2 unspecified atom stereocenters. The molecule has 1 saturated heterocycles. The number of nitrogens with two attached hydrogens (primary N) is 1. The molecule has 2 rings (SSSR count). The fourth-order valence-corrected chi connectivity index (χ4v) is 2.65. The summed E-state index contributed by atoms with van der Waals surface area (Å²) < 4.78 is 0. The maximum atomic E-state index is 5.47. The molecule has 3 heteroatoms. The molecule has 12 heavy (non-hydrogen) atoms. The molecule has 2 nitrogen and oxygen atoms in total. The van der Waals surface area contributed by atoms with Crippen molar-refractivity contribution in [1.82, 2.24) is 4.90 Å². The van der Waals surface area contributed by atoms with Gasteiger partial charge in [0.2, 0.25) is 0 Å². The monoisotopic (exact) mass is 184 g/mol. The van der Waals surface area contributed by atoms with Gasteiger partial charge in [0.1, 0.15) is 0 Å². The van der Waals surface area contributed by atoms with Crippen molar-refractivity contribution < 1.29 is 0 Å². The van der Waals surface area contributed by atoms with Crippen LogP contribution in [0.15, 0.2) is 0 Å². The van der Waals surface area contributed by atoms with Crippen molar-refractivity contribution in [3.05, 3.63) is 0 Å². The number of nitrogens with zero attached hydrogens (tertiary/aromatic N) is 1. The van der Waals surface area contributed by atoms with Gasteiger partial charge in [0.05, 0.1) is 4.99 Å². The Hall–Kier alpha value is -0.150. The predicted octanol–water partition coefficient (Wildman–Crippen LogP) is 1.15. The topological polar surface area (TPSA) is 29.3 Å². The van der Waals surface area contributed by atoms with E-state index in [2.05, 4.69) is 4.90 Å². The molecule has 68 valence electrons. The molecule has 0 aromatic heterocycles. The molecule has 0 radical (unpaired) electrons. The molecular weight excluding hydrogens is 168 g/mol. The summed E-state index contributed by atoms with van der Waals surface area (Å²) in [6.45, 7) is 2.39. The highest BCUT2D eigenvalue weighted by molar-refractivity contribution is 7.80. The Balaban J connectivity index is 1.79. The number of rotatable bonds is 3. The fourth-order valence-electron chi connectivity index (χ4n) is 2.55. The van der Waals surface area contributed by atoms with Gasteiger partial charge in [-0.25, -0.2) is 0 Å². The largest absolute Gasteiger partial charge is 0.393 e. The molecule has 0 amide bonds. The van der Waals surface area contributed by atoms with Crippen LogP contribution in [0.5, 0.6) is 0 Å². The fraction of sp³-hybridized carbons (Fsp3) is 0.889. The van der Waals surface area contributed by atoms with E-state index >= 15 is 0 Å². The highest BCUT2D eigenvalue weighted by atomic mass is 32.1. The van der Waals surface area contributed by atoms with E-state index < -0.39 is 0 Å². The summed E-state index contributed by atoms with van der Waals surface area (Å²) in [6.07, 6.45) is 5.19. The lowest BCUT2D eigenvalue weighted by molar-refractivity contribution is 0.219. The van der Waals surface area contributed by atoms with Gasteiger partial charge in [-0.15, -0.1) is 0 Å². The average Bonchev–Trinajstić information content (AvgIpc) is 2.60. The molecule has 2 atom stereocenters. The molecule has 2 N–H and O–H groups in total. The second-order valence-corrected chi connectivity index (χ2v) is 4.57. The molecular formula is C9H16N2S. The Morgan fingerprint density at radius 2 is 2.33 bits per heavy atom. The molecule has 1 aliphatic carbocycles. The van der Waals surface area contributed by atoms with E-state index in [-0.39, 0.29) is 0 Å². The van der Waals surface area contributed by atoms with E-state index in [1.807, 2.05) is 0 Å². The van der Waals surface area contributed by atoms with Gasteiger partial charge < -0.3 is 5.73 Å². The summed E-state index contributed by atoms with van der Waals surface area (Å²) in [7, 11) is 0. The standard InChI is InChI=1S/C9H16N2S/c10-9(12)3-4-11-6-7-1-2-8(11)5-7/h7-8H,1-6H2,(H2,10,12). The summed E-state index contributed by atoms with van der Waals surface area (Å²) in [5.41, 5.74) is 5.47. The van der Waals surface area contributed by atoms with E-state index in [0.717, 1.165) is 24.9 Å². The van der Waals surface area contributed by atoms with Crippen LogP contribution >= 0.6 is 12.2 Å². The van der Waals surface area contributed by atoms with Crippen LogP contribution in [0.1, 0.15) is 25.7 Å².